The number of carbonyl (C=O) groups excluding carboxylic acids is 3. The lowest BCUT2D eigenvalue weighted by molar-refractivity contribution is -0.177. The van der Waals surface area contributed by atoms with E-state index in [0.29, 0.717) is 0 Å². The summed E-state index contributed by atoms with van der Waals surface area (Å²) in [5.41, 5.74) is -1.13. The molecule has 1 heterocycles. The number of ketones is 1. The van der Waals surface area contributed by atoms with Crippen LogP contribution in [0.3, 0.4) is 0 Å². The number of aliphatic hydroxyl groups is 2. The quantitative estimate of drug-likeness (QED) is 0.470. The molecule has 148 valence electrons. The molecule has 0 radical (unpaired) electrons. The van der Waals surface area contributed by atoms with Crippen LogP contribution in [0.25, 0.3) is 0 Å². The number of fused-ring (bicyclic) bond motifs is 1. The summed E-state index contributed by atoms with van der Waals surface area (Å²) < 4.78 is 28.7. The molecule has 0 aliphatic carbocycles. The van der Waals surface area contributed by atoms with E-state index < -0.39 is 48.2 Å². The van der Waals surface area contributed by atoms with Crippen molar-refractivity contribution >= 4 is 17.6 Å². The minimum atomic E-state index is -3.58. The second kappa shape index (κ2) is 7.69. The van der Waals surface area contributed by atoms with Gasteiger partial charge in [-0.3, -0.25) is 19.3 Å². The maximum absolute atomic E-state index is 14.4. The Morgan fingerprint density at radius 1 is 1.30 bits per heavy atom. The van der Waals surface area contributed by atoms with Crippen LogP contribution in [0, 0.1) is 5.41 Å². The fourth-order valence-corrected chi connectivity index (χ4v) is 2.66. The van der Waals surface area contributed by atoms with Gasteiger partial charge in [-0.15, -0.1) is 0 Å². The van der Waals surface area contributed by atoms with E-state index in [-0.39, 0.29) is 29.1 Å². The van der Waals surface area contributed by atoms with Crippen molar-refractivity contribution in [1.29, 1.82) is 0 Å². The monoisotopic (exact) mass is 384 g/mol. The molecule has 0 spiro atoms. The number of aliphatic hydroxyl groups excluding tert-OH is 2. The minimum absolute atomic E-state index is 0.214. The van der Waals surface area contributed by atoms with Crippen molar-refractivity contribution in [3.63, 3.8) is 0 Å². The van der Waals surface area contributed by atoms with E-state index in [1.807, 2.05) is 0 Å². The van der Waals surface area contributed by atoms with Gasteiger partial charge in [0, 0.05) is 23.9 Å². The van der Waals surface area contributed by atoms with Crippen molar-refractivity contribution in [1.82, 2.24) is 10.2 Å². The molecule has 0 aromatic heterocycles. The van der Waals surface area contributed by atoms with Gasteiger partial charge in [0.15, 0.2) is 0 Å². The highest BCUT2D eigenvalue weighted by Crippen LogP contribution is 2.41. The van der Waals surface area contributed by atoms with Crippen molar-refractivity contribution in [2.75, 3.05) is 13.2 Å². The molecule has 0 saturated carbocycles. The summed E-state index contributed by atoms with van der Waals surface area (Å²) in [6.07, 6.45) is -2.01. The van der Waals surface area contributed by atoms with Gasteiger partial charge >= 0.3 is 6.05 Å². The highest BCUT2D eigenvalue weighted by molar-refractivity contribution is 6.36. The normalized spacial score (nSPS) is 16.6. The lowest BCUT2D eigenvalue weighted by Crippen LogP contribution is -2.47. The van der Waals surface area contributed by atoms with E-state index in [1.165, 1.54) is 32.0 Å². The number of carbonyl (C=O) groups is 3. The highest BCUT2D eigenvalue weighted by Gasteiger charge is 2.50. The number of hydrogen-bond donors (Lipinski definition) is 3. The van der Waals surface area contributed by atoms with Gasteiger partial charge in [0.2, 0.25) is 11.7 Å². The van der Waals surface area contributed by atoms with Crippen LogP contribution in [0.5, 0.6) is 0 Å². The van der Waals surface area contributed by atoms with Gasteiger partial charge < -0.3 is 15.5 Å². The van der Waals surface area contributed by atoms with Crippen LogP contribution in [0.15, 0.2) is 24.3 Å². The summed E-state index contributed by atoms with van der Waals surface area (Å²) in [4.78, 5) is 36.2. The van der Waals surface area contributed by atoms with Crippen LogP contribution in [0.2, 0.25) is 0 Å². The molecule has 3 N–H and O–H groups in total. The molecule has 0 saturated heterocycles. The van der Waals surface area contributed by atoms with Gasteiger partial charge in [-0.25, -0.2) is 0 Å². The summed E-state index contributed by atoms with van der Waals surface area (Å²) in [6.45, 7) is 1.83. The first kappa shape index (κ1) is 20.9. The Kier molecular flexibility index (Phi) is 5.96. The Morgan fingerprint density at radius 2 is 1.93 bits per heavy atom. The summed E-state index contributed by atoms with van der Waals surface area (Å²) in [5.74, 6) is -3.23. The topological polar surface area (TPSA) is 107 Å². The molecule has 27 heavy (non-hydrogen) atoms. The molecule has 1 aliphatic heterocycles. The van der Waals surface area contributed by atoms with Crippen molar-refractivity contribution in [2.24, 2.45) is 5.41 Å². The fraction of sp³-hybridized carbons (Fsp3) is 0.500. The minimum Gasteiger partial charge on any atom is -0.396 e. The average molecular weight is 384 g/mol. The van der Waals surface area contributed by atoms with E-state index in [4.69, 9.17) is 5.11 Å². The number of nitrogens with one attached hydrogen (secondary N) is 1. The maximum Gasteiger partial charge on any atom is 0.355 e. The molecule has 2 amide bonds. The molecule has 1 atom stereocenters. The third-order valence-corrected chi connectivity index (χ3v) is 4.54. The highest BCUT2D eigenvalue weighted by atomic mass is 19.3. The van der Waals surface area contributed by atoms with Crippen molar-refractivity contribution in [3.05, 3.63) is 35.4 Å². The van der Waals surface area contributed by atoms with Crippen LogP contribution in [0.1, 0.15) is 31.4 Å². The molecule has 0 unspecified atom stereocenters. The fourth-order valence-electron chi connectivity index (χ4n) is 2.66. The van der Waals surface area contributed by atoms with Crippen molar-refractivity contribution in [2.45, 2.75) is 39.0 Å². The van der Waals surface area contributed by atoms with Gasteiger partial charge in [0.25, 0.3) is 5.91 Å². The Labute approximate surface area is 155 Å². The third-order valence-electron chi connectivity index (χ3n) is 4.54. The molecular formula is C18H22F2N2O5. The Hall–Kier alpha value is -2.39. The summed E-state index contributed by atoms with van der Waals surface area (Å²) in [6, 6.07) is 2.09. The predicted octanol–water partition coefficient (Wildman–Crippen LogP) is 0.533. The number of nitrogens with zero attached hydrogens (tertiary/aromatic N) is 1. The molecule has 0 bridgehead atoms. The first-order valence-corrected chi connectivity index (χ1v) is 8.40. The van der Waals surface area contributed by atoms with Gasteiger partial charge in [-0.05, 0) is 5.56 Å². The van der Waals surface area contributed by atoms with Crippen LogP contribution >= 0.6 is 0 Å². The molecule has 1 aromatic carbocycles. The summed E-state index contributed by atoms with van der Waals surface area (Å²) >= 11 is 0. The first-order chi connectivity index (χ1) is 12.5. The Balaban J connectivity index is 1.92. The zero-order valence-electron chi connectivity index (χ0n) is 15.0. The Bertz CT molecular complexity index is 751. The molecule has 1 aliphatic rings. The number of Topliss-reactive ketones (excluding diaryl/α,β-unsaturated/α-hetero) is 1. The lowest BCUT2D eigenvalue weighted by Gasteiger charge is -2.27. The lowest BCUT2D eigenvalue weighted by atomic mass is 9.87. The number of benzene rings is 1. The number of rotatable bonds is 7. The smallest absolute Gasteiger partial charge is 0.355 e. The molecule has 7 nitrogen and oxygen atoms in total. The van der Waals surface area contributed by atoms with E-state index in [2.05, 4.69) is 5.32 Å². The molecular weight excluding hydrogens is 362 g/mol. The number of alkyl halides is 2. The van der Waals surface area contributed by atoms with E-state index in [1.54, 1.807) is 6.07 Å². The molecule has 9 heteroatoms. The van der Waals surface area contributed by atoms with E-state index >= 15 is 0 Å². The van der Waals surface area contributed by atoms with Crippen molar-refractivity contribution < 1.29 is 33.4 Å². The van der Waals surface area contributed by atoms with Gasteiger partial charge in [0.05, 0.1) is 13.2 Å². The predicted molar refractivity (Wildman–Crippen MR) is 90.4 cm³/mol. The molecule has 1 aromatic rings. The van der Waals surface area contributed by atoms with Crippen LogP contribution in [-0.2, 0) is 27.0 Å². The van der Waals surface area contributed by atoms with Crippen LogP contribution in [-0.4, -0.2) is 52.0 Å². The number of halogens is 2. The zero-order valence-corrected chi connectivity index (χ0v) is 15.0. The van der Waals surface area contributed by atoms with Crippen molar-refractivity contribution in [3.8, 4) is 0 Å². The van der Waals surface area contributed by atoms with Crippen LogP contribution < -0.4 is 5.32 Å². The standard InChI is InChI=1S/C18H22F2N2O5/c1-17(2,10-23)14(25)15(26)21-8-7-13(24)16(27)22-9-11-5-3-4-6-12(11)18(22,19)20/h3-6,14,23,25H,7-10H2,1-2H3,(H,21,26)/t14-/m0/s1. The number of amides is 2. The van der Waals surface area contributed by atoms with Gasteiger partial charge in [-0.1, -0.05) is 38.1 Å². The van der Waals surface area contributed by atoms with Crippen LogP contribution in [0.4, 0.5) is 8.78 Å². The largest absolute Gasteiger partial charge is 0.396 e. The summed E-state index contributed by atoms with van der Waals surface area (Å²) in [5, 5.41) is 21.2. The maximum atomic E-state index is 14.4. The SMILES string of the molecule is CC(C)(CO)[C@@H](O)C(=O)NCCC(=O)C(=O)N1Cc2ccccc2C1(F)F. The van der Waals surface area contributed by atoms with E-state index in [0.717, 1.165) is 0 Å². The van der Waals surface area contributed by atoms with Gasteiger partial charge in [0.1, 0.15) is 6.10 Å². The summed E-state index contributed by atoms with van der Waals surface area (Å²) in [7, 11) is 0. The Morgan fingerprint density at radius 3 is 2.52 bits per heavy atom. The molecule has 0 fully saturated rings. The molecule has 2 rings (SSSR count). The first-order valence-electron chi connectivity index (χ1n) is 8.40. The zero-order chi connectivity index (χ0) is 20.4. The van der Waals surface area contributed by atoms with E-state index in [9.17, 15) is 28.3 Å². The average Bonchev–Trinajstić information content (AvgIpc) is 2.91. The van der Waals surface area contributed by atoms with Gasteiger partial charge in [-0.2, -0.15) is 8.78 Å². The number of hydrogen-bond acceptors (Lipinski definition) is 5. The second-order valence-electron chi connectivity index (χ2n) is 7.10. The third kappa shape index (κ3) is 4.14. The second-order valence-corrected chi connectivity index (χ2v) is 7.10.